The Labute approximate surface area is 184 Å². The Balaban J connectivity index is 0.00000261. The van der Waals surface area contributed by atoms with Gasteiger partial charge in [0.05, 0.1) is 17.2 Å². The van der Waals surface area contributed by atoms with E-state index >= 15 is 0 Å². The van der Waals surface area contributed by atoms with E-state index in [1.807, 2.05) is 12.1 Å². The van der Waals surface area contributed by atoms with Crippen LogP contribution in [0, 0.1) is 0 Å². The Bertz CT molecular complexity index is 817. The van der Waals surface area contributed by atoms with Gasteiger partial charge in [-0.05, 0) is 33.6 Å². The SMILES string of the molecule is CN=C(NCc1cc(Br)c2c(c1)OCO2)NCc1ncc(C(C)(C)C)o1.I. The van der Waals surface area contributed by atoms with Crippen LogP contribution in [0.2, 0.25) is 0 Å². The van der Waals surface area contributed by atoms with Crippen molar-refractivity contribution in [2.75, 3.05) is 13.8 Å². The van der Waals surface area contributed by atoms with Gasteiger partial charge in [0.2, 0.25) is 12.7 Å². The molecule has 2 aromatic rings. The summed E-state index contributed by atoms with van der Waals surface area (Å²) in [5.74, 6) is 3.64. The highest BCUT2D eigenvalue weighted by molar-refractivity contribution is 14.0. The smallest absolute Gasteiger partial charge is 0.231 e. The number of fused-ring (bicyclic) bond motifs is 1. The molecule has 0 unspecified atom stereocenters. The van der Waals surface area contributed by atoms with Gasteiger partial charge < -0.3 is 24.5 Å². The maximum absolute atomic E-state index is 5.78. The number of aliphatic imine (C=N–C) groups is 1. The van der Waals surface area contributed by atoms with Crippen LogP contribution in [0.1, 0.15) is 38.0 Å². The molecule has 2 N–H and O–H groups in total. The molecule has 0 amide bonds. The summed E-state index contributed by atoms with van der Waals surface area (Å²) in [5.41, 5.74) is 0.994. The third-order valence-corrected chi connectivity index (χ3v) is 4.46. The van der Waals surface area contributed by atoms with Gasteiger partial charge in [-0.1, -0.05) is 20.8 Å². The molecule has 27 heavy (non-hydrogen) atoms. The minimum Gasteiger partial charge on any atom is -0.454 e. The van der Waals surface area contributed by atoms with Crippen LogP contribution in [0.4, 0.5) is 0 Å². The summed E-state index contributed by atoms with van der Waals surface area (Å²) in [7, 11) is 1.72. The van der Waals surface area contributed by atoms with E-state index < -0.39 is 0 Å². The Morgan fingerprint density at radius 3 is 2.63 bits per heavy atom. The summed E-state index contributed by atoms with van der Waals surface area (Å²) in [6.45, 7) is 7.58. The molecular weight excluding hydrogens is 527 g/mol. The van der Waals surface area contributed by atoms with Crippen molar-refractivity contribution in [1.29, 1.82) is 0 Å². The van der Waals surface area contributed by atoms with Crippen LogP contribution in [0.15, 0.2) is 32.2 Å². The lowest BCUT2D eigenvalue weighted by Crippen LogP contribution is -2.36. The highest BCUT2D eigenvalue weighted by Gasteiger charge is 2.20. The Morgan fingerprint density at radius 2 is 1.96 bits per heavy atom. The Hall–Kier alpha value is -1.49. The Kier molecular flexibility index (Phi) is 7.38. The molecule has 0 spiro atoms. The highest BCUT2D eigenvalue weighted by atomic mass is 127. The third kappa shape index (κ3) is 5.50. The average molecular weight is 551 g/mol. The van der Waals surface area contributed by atoms with Crippen molar-refractivity contribution in [2.24, 2.45) is 4.99 Å². The van der Waals surface area contributed by atoms with Crippen LogP contribution in [0.3, 0.4) is 0 Å². The molecule has 0 aliphatic carbocycles. The zero-order valence-electron chi connectivity index (χ0n) is 15.8. The zero-order chi connectivity index (χ0) is 18.7. The number of guanidine groups is 1. The number of nitrogens with zero attached hydrogens (tertiary/aromatic N) is 2. The summed E-state index contributed by atoms with van der Waals surface area (Å²) in [6, 6.07) is 3.95. The minimum atomic E-state index is -0.0576. The average Bonchev–Trinajstić information content (AvgIpc) is 3.23. The lowest BCUT2D eigenvalue weighted by atomic mass is 9.94. The summed E-state index contributed by atoms with van der Waals surface area (Å²) in [4.78, 5) is 8.54. The van der Waals surface area contributed by atoms with Crippen LogP contribution in [0.5, 0.6) is 11.5 Å². The summed E-state index contributed by atoms with van der Waals surface area (Å²) in [5, 5.41) is 6.47. The van der Waals surface area contributed by atoms with Crippen molar-refractivity contribution in [3.63, 3.8) is 0 Å². The molecule has 1 aromatic carbocycles. The summed E-state index contributed by atoms with van der Waals surface area (Å²) < 4.78 is 17.5. The molecule has 0 saturated carbocycles. The maximum atomic E-state index is 5.78. The van der Waals surface area contributed by atoms with Crippen LogP contribution >= 0.6 is 39.9 Å². The van der Waals surface area contributed by atoms with Gasteiger partial charge in [0.15, 0.2) is 17.5 Å². The van der Waals surface area contributed by atoms with Gasteiger partial charge >= 0.3 is 0 Å². The number of halogens is 2. The van der Waals surface area contributed by atoms with Gasteiger partial charge in [-0.2, -0.15) is 0 Å². The van der Waals surface area contributed by atoms with E-state index in [9.17, 15) is 0 Å². The number of hydrogen-bond acceptors (Lipinski definition) is 5. The van der Waals surface area contributed by atoms with Gasteiger partial charge in [0.1, 0.15) is 5.76 Å². The van der Waals surface area contributed by atoms with Crippen LogP contribution in [-0.4, -0.2) is 24.8 Å². The molecule has 0 bridgehead atoms. The first-order valence-electron chi connectivity index (χ1n) is 8.34. The molecule has 1 aliphatic heterocycles. The number of rotatable bonds is 4. The highest BCUT2D eigenvalue weighted by Crippen LogP contribution is 2.39. The summed E-state index contributed by atoms with van der Waals surface area (Å²) in [6.07, 6.45) is 1.78. The lowest BCUT2D eigenvalue weighted by Gasteiger charge is -2.13. The van der Waals surface area contributed by atoms with Gasteiger partial charge in [0, 0.05) is 19.0 Å². The molecule has 1 aromatic heterocycles. The molecule has 3 rings (SSSR count). The number of oxazole rings is 1. The number of hydrogen-bond donors (Lipinski definition) is 2. The molecule has 9 heteroatoms. The van der Waals surface area contributed by atoms with Crippen LogP contribution < -0.4 is 20.1 Å². The van der Waals surface area contributed by atoms with Gasteiger partial charge in [-0.3, -0.25) is 4.99 Å². The topological polar surface area (TPSA) is 80.9 Å². The monoisotopic (exact) mass is 550 g/mol. The predicted octanol–water partition coefficient (Wildman–Crippen LogP) is 3.95. The largest absolute Gasteiger partial charge is 0.454 e. The molecule has 0 fully saturated rings. The minimum absolute atomic E-state index is 0. The fourth-order valence-corrected chi connectivity index (χ4v) is 3.03. The standard InChI is InChI=1S/C18H23BrN4O3.HI/c1-18(2,3)14-8-21-15(26-14)9-23-17(20-4)22-7-11-5-12(19)16-13(6-11)24-10-25-16;/h5-6,8H,7,9-10H2,1-4H3,(H2,20,22,23);1H. The molecule has 1 aliphatic rings. The molecule has 7 nitrogen and oxygen atoms in total. The second kappa shape index (κ2) is 9.13. The van der Waals surface area contributed by atoms with E-state index in [0.29, 0.717) is 24.9 Å². The van der Waals surface area contributed by atoms with Gasteiger partial charge in [0.25, 0.3) is 0 Å². The van der Waals surface area contributed by atoms with E-state index in [1.54, 1.807) is 13.2 Å². The van der Waals surface area contributed by atoms with E-state index in [-0.39, 0.29) is 36.2 Å². The van der Waals surface area contributed by atoms with Crippen molar-refractivity contribution in [3.05, 3.63) is 40.0 Å². The third-order valence-electron chi connectivity index (χ3n) is 3.87. The van der Waals surface area contributed by atoms with Crippen molar-refractivity contribution < 1.29 is 13.9 Å². The normalized spacial score (nSPS) is 13.3. The lowest BCUT2D eigenvalue weighted by molar-refractivity contribution is 0.173. The molecule has 0 radical (unpaired) electrons. The van der Waals surface area contributed by atoms with Crippen molar-refractivity contribution in [3.8, 4) is 11.5 Å². The van der Waals surface area contributed by atoms with Crippen molar-refractivity contribution >= 4 is 45.9 Å². The molecule has 0 atom stereocenters. The first-order chi connectivity index (χ1) is 12.4. The quantitative estimate of drug-likeness (QED) is 0.341. The van der Waals surface area contributed by atoms with Crippen molar-refractivity contribution in [1.82, 2.24) is 15.6 Å². The van der Waals surface area contributed by atoms with E-state index in [2.05, 4.69) is 57.3 Å². The van der Waals surface area contributed by atoms with Crippen molar-refractivity contribution in [2.45, 2.75) is 39.3 Å². The van der Waals surface area contributed by atoms with Crippen LogP contribution in [0.25, 0.3) is 0 Å². The fraction of sp³-hybridized carbons (Fsp3) is 0.444. The summed E-state index contributed by atoms with van der Waals surface area (Å²) >= 11 is 3.50. The Morgan fingerprint density at radius 1 is 1.22 bits per heavy atom. The van der Waals surface area contributed by atoms with Crippen LogP contribution in [-0.2, 0) is 18.5 Å². The second-order valence-electron chi connectivity index (χ2n) is 6.96. The van der Waals surface area contributed by atoms with Gasteiger partial charge in [-0.25, -0.2) is 4.98 Å². The molecule has 2 heterocycles. The fourth-order valence-electron chi connectivity index (χ4n) is 2.43. The predicted molar refractivity (Wildman–Crippen MR) is 118 cm³/mol. The first kappa shape index (κ1) is 21.8. The second-order valence-corrected chi connectivity index (χ2v) is 7.81. The van der Waals surface area contributed by atoms with E-state index in [4.69, 9.17) is 13.9 Å². The molecule has 0 saturated heterocycles. The maximum Gasteiger partial charge on any atom is 0.231 e. The molecule has 148 valence electrons. The number of aromatic nitrogens is 1. The number of ether oxygens (including phenoxy) is 2. The van der Waals surface area contributed by atoms with Gasteiger partial charge in [-0.15, -0.1) is 24.0 Å². The number of benzene rings is 1. The van der Waals surface area contributed by atoms with E-state index in [1.165, 1.54) is 0 Å². The number of nitrogens with one attached hydrogen (secondary N) is 2. The molecular formula is C18H24BrIN4O3. The van der Waals surface area contributed by atoms with E-state index in [0.717, 1.165) is 27.3 Å². The zero-order valence-corrected chi connectivity index (χ0v) is 19.7. The first-order valence-corrected chi connectivity index (χ1v) is 9.14.